The van der Waals surface area contributed by atoms with E-state index < -0.39 is 22.4 Å². The van der Waals surface area contributed by atoms with Gasteiger partial charge in [-0.25, -0.2) is 13.2 Å². The van der Waals surface area contributed by atoms with E-state index in [2.05, 4.69) is 0 Å². The number of hydrogen-bond acceptors (Lipinski definition) is 5. The first-order chi connectivity index (χ1) is 13.3. The first kappa shape index (κ1) is 20.3. The van der Waals surface area contributed by atoms with Crippen molar-refractivity contribution < 1.29 is 22.7 Å². The highest BCUT2D eigenvalue weighted by Crippen LogP contribution is 2.21. The van der Waals surface area contributed by atoms with Crippen LogP contribution >= 0.6 is 0 Å². The van der Waals surface area contributed by atoms with E-state index in [9.17, 15) is 18.0 Å². The van der Waals surface area contributed by atoms with E-state index >= 15 is 0 Å². The summed E-state index contributed by atoms with van der Waals surface area (Å²) in [7, 11) is -3.11. The largest absolute Gasteiger partial charge is 0.452 e. The second-order valence-electron chi connectivity index (χ2n) is 7.60. The molecule has 0 bridgehead atoms. The van der Waals surface area contributed by atoms with Crippen molar-refractivity contribution in [2.75, 3.05) is 24.7 Å². The van der Waals surface area contributed by atoms with Crippen molar-refractivity contribution in [2.45, 2.75) is 26.3 Å². The second-order valence-corrected chi connectivity index (χ2v) is 9.83. The van der Waals surface area contributed by atoms with E-state index in [-0.39, 0.29) is 29.4 Å². The summed E-state index contributed by atoms with van der Waals surface area (Å²) in [4.78, 5) is 26.8. The molecule has 0 radical (unpaired) electrons. The van der Waals surface area contributed by atoms with Gasteiger partial charge in [-0.05, 0) is 29.2 Å². The summed E-state index contributed by atoms with van der Waals surface area (Å²) < 4.78 is 28.9. The van der Waals surface area contributed by atoms with E-state index in [1.807, 2.05) is 44.2 Å². The lowest BCUT2D eigenvalue weighted by atomic mass is 10.1. The molecule has 0 unspecified atom stereocenters. The molecule has 0 N–H and O–H groups in total. The zero-order chi connectivity index (χ0) is 20.3. The van der Waals surface area contributed by atoms with Crippen LogP contribution in [-0.4, -0.2) is 55.9 Å². The average Bonchev–Trinajstić information content (AvgIpc) is 3.02. The van der Waals surface area contributed by atoms with Crippen LogP contribution < -0.4 is 0 Å². The average molecular weight is 404 g/mol. The molecule has 1 aliphatic rings. The number of benzene rings is 2. The number of hydrogen-bond donors (Lipinski definition) is 0. The summed E-state index contributed by atoms with van der Waals surface area (Å²) in [5.74, 6) is -0.669. The van der Waals surface area contributed by atoms with Crippen molar-refractivity contribution >= 4 is 32.5 Å². The topological polar surface area (TPSA) is 80.8 Å². The van der Waals surface area contributed by atoms with Crippen molar-refractivity contribution in [1.82, 2.24) is 4.90 Å². The number of amides is 1. The molecule has 1 aliphatic heterocycles. The Balaban J connectivity index is 1.70. The SMILES string of the molecule is CC(C)CN(C(=O)COC(=O)c1cccc2ccccc12)[C@@H]1CCS(=O)(=O)C1. The second kappa shape index (κ2) is 8.31. The van der Waals surface area contributed by atoms with Gasteiger partial charge in [-0.3, -0.25) is 4.79 Å². The van der Waals surface area contributed by atoms with Crippen LogP contribution in [0.25, 0.3) is 10.8 Å². The minimum atomic E-state index is -3.11. The molecule has 28 heavy (non-hydrogen) atoms. The first-order valence-corrected chi connectivity index (χ1v) is 11.2. The van der Waals surface area contributed by atoms with Crippen LogP contribution in [-0.2, 0) is 19.4 Å². The quantitative estimate of drug-likeness (QED) is 0.693. The van der Waals surface area contributed by atoms with Gasteiger partial charge in [0.15, 0.2) is 16.4 Å². The number of fused-ring (bicyclic) bond motifs is 1. The fourth-order valence-corrected chi connectivity index (χ4v) is 5.29. The lowest BCUT2D eigenvalue weighted by Crippen LogP contribution is -2.45. The predicted molar refractivity (Wildman–Crippen MR) is 108 cm³/mol. The Kier molecular flexibility index (Phi) is 6.03. The van der Waals surface area contributed by atoms with Gasteiger partial charge in [0.2, 0.25) is 0 Å². The Bertz CT molecular complexity index is 978. The maximum Gasteiger partial charge on any atom is 0.339 e. The molecular weight excluding hydrogens is 378 g/mol. The lowest BCUT2D eigenvalue weighted by molar-refractivity contribution is -0.137. The van der Waals surface area contributed by atoms with Crippen LogP contribution in [0.5, 0.6) is 0 Å². The van der Waals surface area contributed by atoms with Crippen LogP contribution in [0, 0.1) is 5.92 Å². The predicted octanol–water partition coefficient (Wildman–Crippen LogP) is 2.67. The number of carbonyl (C=O) groups is 2. The molecule has 150 valence electrons. The molecule has 0 aromatic heterocycles. The van der Waals surface area contributed by atoms with Gasteiger partial charge in [0.25, 0.3) is 5.91 Å². The standard InChI is InChI=1S/C21H25NO5S/c1-15(2)12-22(17-10-11-28(25,26)14-17)20(23)13-27-21(24)19-9-5-7-16-6-3-4-8-18(16)19/h3-9,15,17H,10-14H2,1-2H3/t17-/m1/s1. The van der Waals surface area contributed by atoms with Gasteiger partial charge < -0.3 is 9.64 Å². The molecule has 0 aliphatic carbocycles. The van der Waals surface area contributed by atoms with Crippen LogP contribution in [0.4, 0.5) is 0 Å². The number of sulfone groups is 1. The Hall–Kier alpha value is -2.41. The monoisotopic (exact) mass is 403 g/mol. The minimum absolute atomic E-state index is 0.0251. The molecule has 1 amide bonds. The highest BCUT2D eigenvalue weighted by Gasteiger charge is 2.35. The fraction of sp³-hybridized carbons (Fsp3) is 0.429. The summed E-state index contributed by atoms with van der Waals surface area (Å²) in [5, 5.41) is 1.68. The molecule has 1 heterocycles. The minimum Gasteiger partial charge on any atom is -0.452 e. The molecule has 1 fully saturated rings. The summed E-state index contributed by atoms with van der Waals surface area (Å²) in [6.45, 7) is 3.97. The van der Waals surface area contributed by atoms with Gasteiger partial charge in [-0.2, -0.15) is 0 Å². The zero-order valence-electron chi connectivity index (χ0n) is 16.1. The number of esters is 1. The highest BCUT2D eigenvalue weighted by atomic mass is 32.2. The molecule has 2 aromatic rings. The molecular formula is C21H25NO5S. The van der Waals surface area contributed by atoms with E-state index in [0.29, 0.717) is 18.5 Å². The van der Waals surface area contributed by atoms with Gasteiger partial charge in [0.05, 0.1) is 17.1 Å². The molecule has 6 nitrogen and oxygen atoms in total. The third-order valence-electron chi connectivity index (χ3n) is 4.87. The normalized spacial score (nSPS) is 18.3. The Morgan fingerprint density at radius 2 is 1.86 bits per heavy atom. The summed E-state index contributed by atoms with van der Waals surface area (Å²) >= 11 is 0. The van der Waals surface area contributed by atoms with Crippen molar-refractivity contribution in [3.05, 3.63) is 48.0 Å². The van der Waals surface area contributed by atoms with Crippen molar-refractivity contribution in [3.8, 4) is 0 Å². The van der Waals surface area contributed by atoms with Gasteiger partial charge in [0, 0.05) is 12.6 Å². The van der Waals surface area contributed by atoms with E-state index in [1.165, 1.54) is 0 Å². The van der Waals surface area contributed by atoms with Gasteiger partial charge in [-0.1, -0.05) is 50.2 Å². The van der Waals surface area contributed by atoms with Crippen LogP contribution in [0.15, 0.2) is 42.5 Å². The molecule has 3 rings (SSSR count). The maximum atomic E-state index is 12.7. The summed E-state index contributed by atoms with van der Waals surface area (Å²) in [6.07, 6.45) is 0.429. The maximum absolute atomic E-state index is 12.7. The third kappa shape index (κ3) is 4.70. The molecule has 7 heteroatoms. The Labute approximate surface area is 165 Å². The highest BCUT2D eigenvalue weighted by molar-refractivity contribution is 7.91. The number of nitrogens with zero attached hydrogens (tertiary/aromatic N) is 1. The van der Waals surface area contributed by atoms with E-state index in [1.54, 1.807) is 17.0 Å². The molecule has 1 saturated heterocycles. The van der Waals surface area contributed by atoms with E-state index in [0.717, 1.165) is 10.8 Å². The Morgan fingerprint density at radius 3 is 2.54 bits per heavy atom. The van der Waals surface area contributed by atoms with Crippen LogP contribution in [0.1, 0.15) is 30.6 Å². The van der Waals surface area contributed by atoms with E-state index in [4.69, 9.17) is 4.74 Å². The van der Waals surface area contributed by atoms with Crippen LogP contribution in [0.3, 0.4) is 0 Å². The van der Waals surface area contributed by atoms with Gasteiger partial charge in [-0.15, -0.1) is 0 Å². The fourth-order valence-electron chi connectivity index (χ4n) is 3.56. The van der Waals surface area contributed by atoms with Gasteiger partial charge in [0.1, 0.15) is 0 Å². The molecule has 2 aromatic carbocycles. The molecule has 0 saturated carbocycles. The molecule has 1 atom stereocenters. The lowest BCUT2D eigenvalue weighted by Gasteiger charge is -2.29. The first-order valence-electron chi connectivity index (χ1n) is 9.41. The Morgan fingerprint density at radius 1 is 1.14 bits per heavy atom. The smallest absolute Gasteiger partial charge is 0.339 e. The third-order valence-corrected chi connectivity index (χ3v) is 6.62. The van der Waals surface area contributed by atoms with Crippen molar-refractivity contribution in [3.63, 3.8) is 0 Å². The van der Waals surface area contributed by atoms with Crippen molar-refractivity contribution in [2.24, 2.45) is 5.92 Å². The number of rotatable bonds is 6. The van der Waals surface area contributed by atoms with Gasteiger partial charge >= 0.3 is 5.97 Å². The summed E-state index contributed by atoms with van der Waals surface area (Å²) in [5.41, 5.74) is 0.407. The van der Waals surface area contributed by atoms with Crippen molar-refractivity contribution in [1.29, 1.82) is 0 Å². The zero-order valence-corrected chi connectivity index (χ0v) is 16.9. The molecule has 0 spiro atoms. The number of ether oxygens (including phenoxy) is 1. The van der Waals surface area contributed by atoms with Crippen LogP contribution in [0.2, 0.25) is 0 Å². The summed E-state index contributed by atoms with van der Waals surface area (Å²) in [6, 6.07) is 12.5. The number of carbonyl (C=O) groups excluding carboxylic acids is 2.